The third-order valence-corrected chi connectivity index (χ3v) is 4.07. The number of carbonyl (C=O) groups excluding carboxylic acids is 1. The molecule has 6 heteroatoms. The molecule has 0 aliphatic carbocycles. The number of aliphatic imine (C=N–C) groups is 1. The Kier molecular flexibility index (Phi) is 8.85. The quantitative estimate of drug-likeness (QED) is 0.354. The Balaban J connectivity index is 1.61. The van der Waals surface area contributed by atoms with Crippen LogP contribution in [0.2, 0.25) is 0 Å². The molecule has 6 nitrogen and oxygen atoms in total. The zero-order valence-corrected chi connectivity index (χ0v) is 16.9. The van der Waals surface area contributed by atoms with Crippen molar-refractivity contribution in [2.45, 2.75) is 26.4 Å². The van der Waals surface area contributed by atoms with E-state index < -0.39 is 0 Å². The SMILES string of the molecule is CN=C(NCCCNC(=O)c1ccccc1)NCC(C)Oc1cccc(C)c1. The van der Waals surface area contributed by atoms with Crippen molar-refractivity contribution in [2.75, 3.05) is 26.7 Å². The maximum absolute atomic E-state index is 12.0. The lowest BCUT2D eigenvalue weighted by Gasteiger charge is -2.18. The number of rotatable bonds is 9. The van der Waals surface area contributed by atoms with E-state index >= 15 is 0 Å². The van der Waals surface area contributed by atoms with Crippen LogP contribution in [0.5, 0.6) is 5.75 Å². The fourth-order valence-corrected chi connectivity index (χ4v) is 2.61. The van der Waals surface area contributed by atoms with E-state index in [4.69, 9.17) is 4.74 Å². The molecule has 0 saturated carbocycles. The van der Waals surface area contributed by atoms with Crippen LogP contribution in [0.25, 0.3) is 0 Å². The molecular weight excluding hydrogens is 352 g/mol. The van der Waals surface area contributed by atoms with Crippen molar-refractivity contribution in [3.05, 3.63) is 65.7 Å². The molecule has 1 unspecified atom stereocenters. The first kappa shape index (κ1) is 21.3. The molecular formula is C22H30N4O2. The van der Waals surface area contributed by atoms with Gasteiger partial charge in [0.25, 0.3) is 5.91 Å². The fourth-order valence-electron chi connectivity index (χ4n) is 2.61. The van der Waals surface area contributed by atoms with Gasteiger partial charge in [0, 0.05) is 25.7 Å². The van der Waals surface area contributed by atoms with E-state index in [1.54, 1.807) is 19.2 Å². The summed E-state index contributed by atoms with van der Waals surface area (Å²) in [5, 5.41) is 9.41. The summed E-state index contributed by atoms with van der Waals surface area (Å²) in [7, 11) is 1.73. The molecule has 0 fully saturated rings. The second-order valence-corrected chi connectivity index (χ2v) is 6.60. The van der Waals surface area contributed by atoms with Gasteiger partial charge < -0.3 is 20.7 Å². The van der Waals surface area contributed by atoms with Crippen molar-refractivity contribution in [3.63, 3.8) is 0 Å². The number of carbonyl (C=O) groups is 1. The summed E-state index contributed by atoms with van der Waals surface area (Å²) in [6.07, 6.45) is 0.805. The van der Waals surface area contributed by atoms with Gasteiger partial charge in [0.15, 0.2) is 5.96 Å². The third-order valence-electron chi connectivity index (χ3n) is 4.07. The van der Waals surface area contributed by atoms with Crippen molar-refractivity contribution in [1.29, 1.82) is 0 Å². The van der Waals surface area contributed by atoms with Gasteiger partial charge in [-0.1, -0.05) is 30.3 Å². The Hall–Kier alpha value is -3.02. The molecule has 1 amide bonds. The Morgan fingerprint density at radius 1 is 1.04 bits per heavy atom. The number of hydrogen-bond acceptors (Lipinski definition) is 3. The summed E-state index contributed by atoms with van der Waals surface area (Å²) in [6.45, 7) is 6.01. The molecule has 0 spiro atoms. The van der Waals surface area contributed by atoms with E-state index in [9.17, 15) is 4.79 Å². The highest BCUT2D eigenvalue weighted by Gasteiger charge is 2.06. The number of nitrogens with one attached hydrogen (secondary N) is 3. The van der Waals surface area contributed by atoms with Gasteiger partial charge in [-0.05, 0) is 50.1 Å². The highest BCUT2D eigenvalue weighted by Crippen LogP contribution is 2.13. The highest BCUT2D eigenvalue weighted by molar-refractivity contribution is 5.94. The van der Waals surface area contributed by atoms with Crippen molar-refractivity contribution in [2.24, 2.45) is 4.99 Å². The zero-order valence-electron chi connectivity index (χ0n) is 16.9. The van der Waals surface area contributed by atoms with E-state index in [-0.39, 0.29) is 12.0 Å². The molecule has 150 valence electrons. The Morgan fingerprint density at radius 2 is 1.79 bits per heavy atom. The molecule has 2 aromatic rings. The van der Waals surface area contributed by atoms with Gasteiger partial charge in [-0.25, -0.2) is 0 Å². The number of nitrogens with zero attached hydrogens (tertiary/aromatic N) is 1. The highest BCUT2D eigenvalue weighted by atomic mass is 16.5. The van der Waals surface area contributed by atoms with Gasteiger partial charge in [0.1, 0.15) is 11.9 Å². The number of guanidine groups is 1. The molecule has 0 bridgehead atoms. The summed E-state index contributed by atoms with van der Waals surface area (Å²) in [5.41, 5.74) is 1.85. The van der Waals surface area contributed by atoms with Crippen LogP contribution in [0.1, 0.15) is 29.3 Å². The maximum Gasteiger partial charge on any atom is 0.251 e. The van der Waals surface area contributed by atoms with Crippen LogP contribution in [-0.4, -0.2) is 44.7 Å². The van der Waals surface area contributed by atoms with E-state index in [0.717, 1.165) is 12.2 Å². The Morgan fingerprint density at radius 3 is 2.50 bits per heavy atom. The number of benzene rings is 2. The van der Waals surface area contributed by atoms with Crippen LogP contribution in [0.15, 0.2) is 59.6 Å². The predicted octanol–water partition coefficient (Wildman–Crippen LogP) is 2.75. The lowest BCUT2D eigenvalue weighted by molar-refractivity contribution is 0.0953. The van der Waals surface area contributed by atoms with Crippen LogP contribution >= 0.6 is 0 Å². The molecule has 1 atom stereocenters. The maximum atomic E-state index is 12.0. The first-order valence-corrected chi connectivity index (χ1v) is 9.59. The van der Waals surface area contributed by atoms with Crippen LogP contribution in [0.3, 0.4) is 0 Å². The molecule has 28 heavy (non-hydrogen) atoms. The van der Waals surface area contributed by atoms with Gasteiger partial charge in [0.2, 0.25) is 0 Å². The smallest absolute Gasteiger partial charge is 0.251 e. The van der Waals surface area contributed by atoms with Gasteiger partial charge in [0.05, 0.1) is 6.54 Å². The average Bonchev–Trinajstić information content (AvgIpc) is 2.70. The van der Waals surface area contributed by atoms with E-state index in [0.29, 0.717) is 31.2 Å². The van der Waals surface area contributed by atoms with Crippen LogP contribution in [-0.2, 0) is 0 Å². The molecule has 0 aromatic heterocycles. The number of ether oxygens (including phenoxy) is 1. The summed E-state index contributed by atoms with van der Waals surface area (Å²) < 4.78 is 5.91. The number of amides is 1. The Labute approximate surface area is 167 Å². The lowest BCUT2D eigenvalue weighted by atomic mass is 10.2. The van der Waals surface area contributed by atoms with E-state index in [2.05, 4.69) is 20.9 Å². The van der Waals surface area contributed by atoms with Crippen LogP contribution in [0.4, 0.5) is 0 Å². The minimum absolute atomic E-state index is 0.00510. The normalized spacial score (nSPS) is 12.2. The van der Waals surface area contributed by atoms with Gasteiger partial charge >= 0.3 is 0 Å². The molecule has 0 aliphatic heterocycles. The van der Waals surface area contributed by atoms with Crippen molar-refractivity contribution < 1.29 is 9.53 Å². The van der Waals surface area contributed by atoms with Crippen molar-refractivity contribution in [3.8, 4) is 5.75 Å². The van der Waals surface area contributed by atoms with Crippen LogP contribution in [0, 0.1) is 6.92 Å². The zero-order chi connectivity index (χ0) is 20.2. The van der Waals surface area contributed by atoms with E-state index in [1.165, 1.54) is 5.56 Å². The minimum Gasteiger partial charge on any atom is -0.489 e. The predicted molar refractivity (Wildman–Crippen MR) is 114 cm³/mol. The molecule has 0 saturated heterocycles. The summed E-state index contributed by atoms with van der Waals surface area (Å²) in [5.74, 6) is 1.53. The minimum atomic E-state index is -0.0507. The summed E-state index contributed by atoms with van der Waals surface area (Å²) in [6, 6.07) is 17.2. The molecule has 0 aliphatic rings. The van der Waals surface area contributed by atoms with Crippen LogP contribution < -0.4 is 20.7 Å². The van der Waals surface area contributed by atoms with Crippen molar-refractivity contribution in [1.82, 2.24) is 16.0 Å². The molecule has 3 N–H and O–H groups in total. The number of hydrogen-bond donors (Lipinski definition) is 3. The molecule has 2 aromatic carbocycles. The monoisotopic (exact) mass is 382 g/mol. The lowest BCUT2D eigenvalue weighted by Crippen LogP contribution is -2.42. The summed E-state index contributed by atoms with van der Waals surface area (Å²) >= 11 is 0. The topological polar surface area (TPSA) is 74.8 Å². The first-order chi connectivity index (χ1) is 13.6. The first-order valence-electron chi connectivity index (χ1n) is 9.59. The van der Waals surface area contributed by atoms with Gasteiger partial charge in [-0.15, -0.1) is 0 Å². The molecule has 0 heterocycles. The van der Waals surface area contributed by atoms with Crippen molar-refractivity contribution >= 4 is 11.9 Å². The van der Waals surface area contributed by atoms with Gasteiger partial charge in [-0.3, -0.25) is 9.79 Å². The Bertz CT molecular complexity index is 762. The second kappa shape index (κ2) is 11.6. The number of aryl methyl sites for hydroxylation is 1. The molecule has 2 rings (SSSR count). The third kappa shape index (κ3) is 7.70. The molecule has 0 radical (unpaired) electrons. The standard InChI is InChI=1S/C22H30N4O2/c1-17-9-7-12-20(15-17)28-18(2)16-26-22(23-3)25-14-8-13-24-21(27)19-10-5-4-6-11-19/h4-7,9-12,15,18H,8,13-14,16H2,1-3H3,(H,24,27)(H2,23,25,26). The fraction of sp³-hybridized carbons (Fsp3) is 0.364. The second-order valence-electron chi connectivity index (χ2n) is 6.60. The summed E-state index contributed by atoms with van der Waals surface area (Å²) in [4.78, 5) is 16.2. The van der Waals surface area contributed by atoms with Gasteiger partial charge in [-0.2, -0.15) is 0 Å². The largest absolute Gasteiger partial charge is 0.489 e. The van der Waals surface area contributed by atoms with E-state index in [1.807, 2.05) is 56.3 Å². The average molecular weight is 383 g/mol.